The van der Waals surface area contributed by atoms with Crippen LogP contribution in [-0.2, 0) is 26.0 Å². The third-order valence-electron chi connectivity index (χ3n) is 6.08. The quantitative estimate of drug-likeness (QED) is 0.592. The van der Waals surface area contributed by atoms with Gasteiger partial charge in [0.05, 0.1) is 11.6 Å². The molecule has 2 aromatic rings. The molecule has 0 unspecified atom stereocenters. The number of carbonyl (C=O) groups excluding carboxylic acids is 2. The second-order valence-electron chi connectivity index (χ2n) is 8.26. The molecule has 0 radical (unpaired) electrons. The van der Waals surface area contributed by atoms with E-state index < -0.39 is 15.9 Å². The molecule has 33 heavy (non-hydrogen) atoms. The largest absolute Gasteiger partial charge is 0.326 e. The Balaban J connectivity index is 1.60. The van der Waals surface area contributed by atoms with Crippen LogP contribution in [0, 0.1) is 5.92 Å². The van der Waals surface area contributed by atoms with Crippen molar-refractivity contribution in [2.24, 2.45) is 5.92 Å². The third-order valence-corrected chi connectivity index (χ3v) is 8.67. The van der Waals surface area contributed by atoms with E-state index in [0.717, 1.165) is 5.56 Å². The molecule has 1 fully saturated rings. The molecular formula is C23H25BrClN3O4S. The van der Waals surface area contributed by atoms with Gasteiger partial charge in [0.2, 0.25) is 21.8 Å². The van der Waals surface area contributed by atoms with Gasteiger partial charge in [0.15, 0.2) is 0 Å². The van der Waals surface area contributed by atoms with E-state index in [0.29, 0.717) is 59.6 Å². The molecule has 10 heteroatoms. The Morgan fingerprint density at radius 2 is 1.91 bits per heavy atom. The van der Waals surface area contributed by atoms with Crippen LogP contribution in [0.15, 0.2) is 45.8 Å². The van der Waals surface area contributed by atoms with Gasteiger partial charge in [0.25, 0.3) is 0 Å². The molecule has 2 aromatic carbocycles. The number of nitrogens with zero attached hydrogens (tertiary/aromatic N) is 2. The van der Waals surface area contributed by atoms with Crippen LogP contribution in [-0.4, -0.2) is 44.2 Å². The molecule has 0 saturated carbocycles. The average Bonchev–Trinajstić information content (AvgIpc) is 3.23. The van der Waals surface area contributed by atoms with Crippen LogP contribution < -0.4 is 10.2 Å². The number of benzene rings is 2. The van der Waals surface area contributed by atoms with Crippen LogP contribution in [0.1, 0.15) is 31.7 Å². The summed E-state index contributed by atoms with van der Waals surface area (Å²) in [6.45, 7) is 2.65. The monoisotopic (exact) mass is 553 g/mol. The van der Waals surface area contributed by atoms with E-state index in [1.54, 1.807) is 42.2 Å². The molecular weight excluding hydrogens is 530 g/mol. The number of halogens is 2. The number of anilines is 2. The van der Waals surface area contributed by atoms with Gasteiger partial charge in [-0.1, -0.05) is 34.5 Å². The number of nitrogens with one attached hydrogen (secondary N) is 1. The average molecular weight is 555 g/mol. The van der Waals surface area contributed by atoms with Gasteiger partial charge in [0.1, 0.15) is 4.90 Å². The maximum absolute atomic E-state index is 13.7. The molecule has 0 spiro atoms. The summed E-state index contributed by atoms with van der Waals surface area (Å²) in [5, 5.41) is 3.42. The number of hydrogen-bond donors (Lipinski definition) is 1. The maximum Gasteiger partial charge on any atom is 0.245 e. The van der Waals surface area contributed by atoms with E-state index in [9.17, 15) is 18.0 Å². The summed E-state index contributed by atoms with van der Waals surface area (Å²) in [5.74, 6) is -0.802. The highest BCUT2D eigenvalue weighted by atomic mass is 79.9. The lowest BCUT2D eigenvalue weighted by atomic mass is 9.99. The second-order valence-corrected chi connectivity index (χ2v) is 11.5. The zero-order chi connectivity index (χ0) is 23.8. The van der Waals surface area contributed by atoms with Crippen molar-refractivity contribution in [2.75, 3.05) is 29.9 Å². The minimum Gasteiger partial charge on any atom is -0.326 e. The first-order valence-corrected chi connectivity index (χ1v) is 13.5. The second kappa shape index (κ2) is 9.74. The number of amides is 2. The van der Waals surface area contributed by atoms with E-state index in [-0.39, 0.29) is 23.3 Å². The van der Waals surface area contributed by atoms with Crippen molar-refractivity contribution in [3.8, 4) is 0 Å². The van der Waals surface area contributed by atoms with Crippen molar-refractivity contribution in [3.63, 3.8) is 0 Å². The van der Waals surface area contributed by atoms with Gasteiger partial charge in [-0.15, -0.1) is 0 Å². The van der Waals surface area contributed by atoms with E-state index in [1.165, 1.54) is 4.31 Å². The zero-order valence-corrected chi connectivity index (χ0v) is 21.3. The first kappa shape index (κ1) is 24.2. The Hall–Kier alpha value is -1.94. The molecule has 4 rings (SSSR count). The van der Waals surface area contributed by atoms with E-state index in [2.05, 4.69) is 21.2 Å². The third kappa shape index (κ3) is 4.96. The Morgan fingerprint density at radius 3 is 2.61 bits per heavy atom. The van der Waals surface area contributed by atoms with Crippen molar-refractivity contribution >= 4 is 60.7 Å². The minimum atomic E-state index is -3.92. The van der Waals surface area contributed by atoms with Gasteiger partial charge in [-0.3, -0.25) is 9.59 Å². The summed E-state index contributed by atoms with van der Waals surface area (Å²) < 4.78 is 29.5. The summed E-state index contributed by atoms with van der Waals surface area (Å²) in [7, 11) is -3.92. The van der Waals surface area contributed by atoms with Crippen LogP contribution in [0.4, 0.5) is 11.4 Å². The molecule has 0 bridgehead atoms. The fraction of sp³-hybridized carbons (Fsp3) is 0.391. The predicted molar refractivity (Wildman–Crippen MR) is 132 cm³/mol. The lowest BCUT2D eigenvalue weighted by molar-refractivity contribution is -0.121. The highest BCUT2D eigenvalue weighted by molar-refractivity contribution is 9.10. The van der Waals surface area contributed by atoms with Gasteiger partial charge in [-0.05, 0) is 61.2 Å². The van der Waals surface area contributed by atoms with Crippen molar-refractivity contribution < 1.29 is 18.0 Å². The van der Waals surface area contributed by atoms with Gasteiger partial charge >= 0.3 is 0 Å². The smallest absolute Gasteiger partial charge is 0.245 e. The van der Waals surface area contributed by atoms with Crippen LogP contribution in [0.25, 0.3) is 0 Å². The predicted octanol–water partition coefficient (Wildman–Crippen LogP) is 4.44. The van der Waals surface area contributed by atoms with Crippen molar-refractivity contribution in [1.29, 1.82) is 0 Å². The minimum absolute atomic E-state index is 0.0881. The Morgan fingerprint density at radius 1 is 1.18 bits per heavy atom. The highest BCUT2D eigenvalue weighted by Gasteiger charge is 2.38. The fourth-order valence-corrected chi connectivity index (χ4v) is 6.97. The molecule has 2 heterocycles. The van der Waals surface area contributed by atoms with Crippen LogP contribution in [0.3, 0.4) is 0 Å². The molecule has 1 atom stereocenters. The molecule has 7 nitrogen and oxygen atoms in total. The summed E-state index contributed by atoms with van der Waals surface area (Å²) in [6, 6.07) is 10.2. The van der Waals surface area contributed by atoms with Crippen LogP contribution >= 0.6 is 27.5 Å². The number of piperidine rings is 1. The zero-order valence-electron chi connectivity index (χ0n) is 18.2. The number of sulfonamides is 1. The standard InChI is InChI=1S/C23H25BrClN3O4S/c1-2-21(29)28-11-9-15-12-17(24)13-20(22(15)28)33(31,32)27-10-3-4-16(14-27)23(30)26-19-7-5-18(25)6-8-19/h5-8,12-13,16H,2-4,9-11,14H2,1H3,(H,26,30)/t16-/m0/s1. The van der Waals surface area contributed by atoms with Gasteiger partial charge in [-0.2, -0.15) is 4.31 Å². The number of rotatable bonds is 5. The maximum atomic E-state index is 13.7. The van der Waals surface area contributed by atoms with Crippen molar-refractivity contribution in [3.05, 3.63) is 51.5 Å². The van der Waals surface area contributed by atoms with Crippen LogP contribution in [0.5, 0.6) is 0 Å². The molecule has 2 amide bonds. The summed E-state index contributed by atoms with van der Waals surface area (Å²) in [5.41, 5.74) is 1.92. The summed E-state index contributed by atoms with van der Waals surface area (Å²) >= 11 is 9.32. The number of hydrogen-bond acceptors (Lipinski definition) is 4. The lowest BCUT2D eigenvalue weighted by Crippen LogP contribution is -2.44. The summed E-state index contributed by atoms with van der Waals surface area (Å²) in [6.07, 6.45) is 2.08. The first-order valence-electron chi connectivity index (χ1n) is 10.9. The Kier molecular flexibility index (Phi) is 7.14. The highest BCUT2D eigenvalue weighted by Crippen LogP contribution is 2.40. The van der Waals surface area contributed by atoms with E-state index >= 15 is 0 Å². The summed E-state index contributed by atoms with van der Waals surface area (Å²) in [4.78, 5) is 27.0. The SMILES string of the molecule is CCC(=O)N1CCc2cc(Br)cc(S(=O)(=O)N3CCC[C@H](C(=O)Nc4ccc(Cl)cc4)C3)c21. The van der Waals surface area contributed by atoms with Crippen molar-refractivity contribution in [1.82, 2.24) is 4.31 Å². The van der Waals surface area contributed by atoms with Crippen LogP contribution in [0.2, 0.25) is 5.02 Å². The molecule has 2 aliphatic heterocycles. The normalized spacial score (nSPS) is 18.8. The van der Waals surface area contributed by atoms with Gasteiger partial charge in [0, 0.05) is 41.2 Å². The molecule has 0 aliphatic carbocycles. The molecule has 1 saturated heterocycles. The van der Waals surface area contributed by atoms with Crippen molar-refractivity contribution in [2.45, 2.75) is 37.5 Å². The topological polar surface area (TPSA) is 86.8 Å². The lowest BCUT2D eigenvalue weighted by Gasteiger charge is -2.32. The van der Waals surface area contributed by atoms with E-state index in [1.807, 2.05) is 6.07 Å². The molecule has 176 valence electrons. The first-order chi connectivity index (χ1) is 15.7. The Labute approximate surface area is 207 Å². The van der Waals surface area contributed by atoms with Gasteiger partial charge in [-0.25, -0.2) is 8.42 Å². The van der Waals surface area contributed by atoms with Gasteiger partial charge < -0.3 is 10.2 Å². The fourth-order valence-electron chi connectivity index (χ4n) is 4.40. The molecule has 1 N–H and O–H groups in total. The molecule has 0 aromatic heterocycles. The number of fused-ring (bicyclic) bond motifs is 1. The number of carbonyl (C=O) groups is 2. The molecule has 2 aliphatic rings. The Bertz CT molecular complexity index is 1190. The van der Waals surface area contributed by atoms with E-state index in [4.69, 9.17) is 11.6 Å².